The predicted octanol–water partition coefficient (Wildman–Crippen LogP) is -0.240. The summed E-state index contributed by atoms with van der Waals surface area (Å²) in [7, 11) is -1.73. The van der Waals surface area contributed by atoms with Crippen LogP contribution in [0, 0.1) is 0 Å². The Morgan fingerprint density at radius 2 is 2.26 bits per heavy atom. The summed E-state index contributed by atoms with van der Waals surface area (Å²) < 4.78 is 30.9. The molecule has 9 nitrogen and oxygen atoms in total. The number of carbonyl (C=O) groups excluding carboxylic acids is 1. The molecule has 1 unspecified atom stereocenters. The molecule has 0 radical (unpaired) electrons. The molecule has 3 heterocycles. The molecule has 2 aromatic rings. The molecule has 3 rings (SSSR count). The predicted molar refractivity (Wildman–Crippen MR) is 79.5 cm³/mol. The SMILES string of the molecule is Cn1ccnc1C(=O)N1CCOCC1c1[nH]ncc1S(C)(=O)=O. The van der Waals surface area contributed by atoms with Gasteiger partial charge in [-0.25, -0.2) is 13.4 Å². The highest BCUT2D eigenvalue weighted by Crippen LogP contribution is 2.28. The fraction of sp³-hybridized carbons (Fsp3) is 0.462. The van der Waals surface area contributed by atoms with E-state index in [2.05, 4.69) is 15.2 Å². The van der Waals surface area contributed by atoms with Crippen LogP contribution in [0.2, 0.25) is 0 Å². The van der Waals surface area contributed by atoms with E-state index in [0.717, 1.165) is 6.26 Å². The second kappa shape index (κ2) is 5.78. The normalized spacial score (nSPS) is 19.0. The number of hydrogen-bond acceptors (Lipinski definition) is 6. The van der Waals surface area contributed by atoms with Crippen LogP contribution in [-0.2, 0) is 21.6 Å². The molecule has 0 spiro atoms. The summed E-state index contributed by atoms with van der Waals surface area (Å²) in [4.78, 5) is 18.5. The summed E-state index contributed by atoms with van der Waals surface area (Å²) in [5.41, 5.74) is 0.356. The van der Waals surface area contributed by atoms with Gasteiger partial charge in [0.15, 0.2) is 15.7 Å². The number of H-pyrrole nitrogens is 1. The molecule has 1 N–H and O–H groups in total. The van der Waals surface area contributed by atoms with Crippen LogP contribution < -0.4 is 0 Å². The lowest BCUT2D eigenvalue weighted by Gasteiger charge is -2.35. The van der Waals surface area contributed by atoms with Gasteiger partial charge in [0.05, 0.1) is 31.1 Å². The van der Waals surface area contributed by atoms with Crippen LogP contribution in [0.1, 0.15) is 22.4 Å². The number of aryl methyl sites for hydroxylation is 1. The molecule has 23 heavy (non-hydrogen) atoms. The van der Waals surface area contributed by atoms with Crippen molar-refractivity contribution in [1.29, 1.82) is 0 Å². The van der Waals surface area contributed by atoms with Crippen molar-refractivity contribution in [3.05, 3.63) is 30.1 Å². The van der Waals surface area contributed by atoms with Crippen LogP contribution in [-0.4, -0.2) is 65.0 Å². The zero-order chi connectivity index (χ0) is 16.6. The van der Waals surface area contributed by atoms with Gasteiger partial charge in [-0.1, -0.05) is 0 Å². The van der Waals surface area contributed by atoms with Crippen molar-refractivity contribution in [3.8, 4) is 0 Å². The summed E-state index contributed by atoms with van der Waals surface area (Å²) in [5.74, 6) is 0.0113. The molecule has 1 saturated heterocycles. The Balaban J connectivity index is 1.99. The van der Waals surface area contributed by atoms with Crippen LogP contribution in [0.5, 0.6) is 0 Å². The third-order valence-electron chi connectivity index (χ3n) is 3.77. The van der Waals surface area contributed by atoms with Crippen LogP contribution in [0.4, 0.5) is 0 Å². The number of aromatic amines is 1. The van der Waals surface area contributed by atoms with E-state index in [0.29, 0.717) is 18.8 Å². The Kier molecular flexibility index (Phi) is 3.94. The zero-order valence-electron chi connectivity index (χ0n) is 12.8. The minimum absolute atomic E-state index is 0.0747. The minimum atomic E-state index is -3.46. The van der Waals surface area contributed by atoms with Crippen molar-refractivity contribution in [1.82, 2.24) is 24.6 Å². The van der Waals surface area contributed by atoms with Gasteiger partial charge >= 0.3 is 0 Å². The number of sulfone groups is 1. The van der Waals surface area contributed by atoms with Crippen molar-refractivity contribution >= 4 is 15.7 Å². The van der Waals surface area contributed by atoms with E-state index in [4.69, 9.17) is 4.74 Å². The quantitative estimate of drug-likeness (QED) is 0.826. The van der Waals surface area contributed by atoms with Crippen molar-refractivity contribution < 1.29 is 17.9 Å². The number of amides is 1. The molecule has 1 atom stereocenters. The fourth-order valence-corrected chi connectivity index (χ4v) is 3.43. The number of carbonyl (C=O) groups is 1. The summed E-state index contributed by atoms with van der Waals surface area (Å²) in [6.07, 6.45) is 5.58. The van der Waals surface area contributed by atoms with Gasteiger partial charge in [-0.15, -0.1) is 0 Å². The third-order valence-corrected chi connectivity index (χ3v) is 4.89. The molecule has 124 valence electrons. The van der Waals surface area contributed by atoms with Gasteiger partial charge in [0.25, 0.3) is 5.91 Å². The number of hydrogen-bond donors (Lipinski definition) is 1. The third kappa shape index (κ3) is 2.86. The van der Waals surface area contributed by atoms with Gasteiger partial charge in [-0.3, -0.25) is 9.89 Å². The maximum Gasteiger partial charge on any atom is 0.290 e. The van der Waals surface area contributed by atoms with Crippen LogP contribution in [0.3, 0.4) is 0 Å². The number of aromatic nitrogens is 4. The van der Waals surface area contributed by atoms with E-state index in [1.807, 2.05) is 0 Å². The second-order valence-electron chi connectivity index (χ2n) is 5.37. The Morgan fingerprint density at radius 3 is 2.91 bits per heavy atom. The van der Waals surface area contributed by atoms with E-state index >= 15 is 0 Å². The van der Waals surface area contributed by atoms with E-state index in [1.54, 1.807) is 28.9 Å². The summed E-state index contributed by atoms with van der Waals surface area (Å²) in [6.45, 7) is 0.925. The smallest absolute Gasteiger partial charge is 0.290 e. The Hall–Kier alpha value is -2.20. The van der Waals surface area contributed by atoms with Gasteiger partial charge in [-0.05, 0) is 0 Å². The average molecular weight is 339 g/mol. The second-order valence-corrected chi connectivity index (χ2v) is 7.36. The van der Waals surface area contributed by atoms with E-state index in [9.17, 15) is 13.2 Å². The van der Waals surface area contributed by atoms with Gasteiger partial charge in [0.1, 0.15) is 4.90 Å². The summed E-state index contributed by atoms with van der Waals surface area (Å²) >= 11 is 0. The number of imidazole rings is 1. The highest BCUT2D eigenvalue weighted by Gasteiger charge is 2.35. The Labute approximate surface area is 133 Å². The monoisotopic (exact) mass is 339 g/mol. The van der Waals surface area contributed by atoms with E-state index in [-0.39, 0.29) is 23.2 Å². The van der Waals surface area contributed by atoms with Crippen LogP contribution in [0.25, 0.3) is 0 Å². The number of rotatable bonds is 3. The highest BCUT2D eigenvalue weighted by molar-refractivity contribution is 7.90. The molecular weight excluding hydrogens is 322 g/mol. The number of morpholine rings is 1. The van der Waals surface area contributed by atoms with E-state index in [1.165, 1.54) is 6.20 Å². The molecule has 0 bridgehead atoms. The maximum absolute atomic E-state index is 12.8. The highest BCUT2D eigenvalue weighted by atomic mass is 32.2. The van der Waals surface area contributed by atoms with Crippen LogP contribution >= 0.6 is 0 Å². The fourth-order valence-electron chi connectivity index (χ4n) is 2.61. The minimum Gasteiger partial charge on any atom is -0.377 e. The molecule has 2 aromatic heterocycles. The lowest BCUT2D eigenvalue weighted by molar-refractivity contribution is -0.00549. The first kappa shape index (κ1) is 15.7. The zero-order valence-corrected chi connectivity index (χ0v) is 13.6. The first-order valence-electron chi connectivity index (χ1n) is 6.99. The Bertz CT molecular complexity index is 825. The lowest BCUT2D eigenvalue weighted by atomic mass is 10.1. The number of nitrogens with one attached hydrogen (secondary N) is 1. The lowest BCUT2D eigenvalue weighted by Crippen LogP contribution is -2.44. The van der Waals surface area contributed by atoms with Gasteiger partial charge in [0, 0.05) is 32.2 Å². The molecule has 1 aliphatic rings. The molecule has 1 amide bonds. The first-order chi connectivity index (χ1) is 10.9. The molecule has 1 aliphatic heterocycles. The van der Waals surface area contributed by atoms with Gasteiger partial charge < -0.3 is 14.2 Å². The maximum atomic E-state index is 12.8. The Morgan fingerprint density at radius 1 is 1.48 bits per heavy atom. The first-order valence-corrected chi connectivity index (χ1v) is 8.88. The molecule has 0 aromatic carbocycles. The average Bonchev–Trinajstić information content (AvgIpc) is 3.14. The van der Waals surface area contributed by atoms with E-state index < -0.39 is 15.9 Å². The molecule has 10 heteroatoms. The number of ether oxygens (including phenoxy) is 1. The van der Waals surface area contributed by atoms with Crippen molar-refractivity contribution in [2.24, 2.45) is 7.05 Å². The molecular formula is C13H17N5O4S. The van der Waals surface area contributed by atoms with Crippen molar-refractivity contribution in [2.45, 2.75) is 10.9 Å². The van der Waals surface area contributed by atoms with Crippen molar-refractivity contribution in [2.75, 3.05) is 26.0 Å². The van der Waals surface area contributed by atoms with Gasteiger partial charge in [-0.2, -0.15) is 5.10 Å². The van der Waals surface area contributed by atoms with Crippen LogP contribution in [0.15, 0.2) is 23.5 Å². The van der Waals surface area contributed by atoms with Crippen molar-refractivity contribution in [3.63, 3.8) is 0 Å². The summed E-state index contributed by atoms with van der Waals surface area (Å²) in [5, 5.41) is 6.52. The number of nitrogens with zero attached hydrogens (tertiary/aromatic N) is 4. The molecule has 0 saturated carbocycles. The summed E-state index contributed by atoms with van der Waals surface area (Å²) in [6, 6.07) is -0.555. The standard InChI is InChI=1S/C13H17N5O4S/c1-17-4-3-14-12(17)13(19)18-5-6-22-8-9(18)11-10(7-15-16-11)23(2,20)21/h3-4,7,9H,5-6,8H2,1-2H3,(H,15,16). The topological polar surface area (TPSA) is 110 Å². The van der Waals surface area contributed by atoms with Gasteiger partial charge in [0.2, 0.25) is 0 Å². The molecule has 0 aliphatic carbocycles. The largest absolute Gasteiger partial charge is 0.377 e. The molecule has 1 fully saturated rings.